The quantitative estimate of drug-likeness (QED) is 0.912. The van der Waals surface area contributed by atoms with Gasteiger partial charge >= 0.3 is 0 Å². The Balaban J connectivity index is 2.20. The van der Waals surface area contributed by atoms with Gasteiger partial charge in [0.15, 0.2) is 0 Å². The molecule has 0 saturated carbocycles. The summed E-state index contributed by atoms with van der Waals surface area (Å²) in [5.74, 6) is 0.991. The molecule has 0 radical (unpaired) electrons. The highest BCUT2D eigenvalue weighted by Gasteiger charge is 2.06. The van der Waals surface area contributed by atoms with Gasteiger partial charge in [0.05, 0.1) is 0 Å². The van der Waals surface area contributed by atoms with Gasteiger partial charge in [0.25, 0.3) is 0 Å². The lowest BCUT2D eigenvalue weighted by Crippen LogP contribution is -2.05. The number of hydrogen-bond acceptors (Lipinski definition) is 2. The second-order valence-electron chi connectivity index (χ2n) is 4.03. The van der Waals surface area contributed by atoms with Crippen LogP contribution < -0.4 is 10.5 Å². The van der Waals surface area contributed by atoms with Gasteiger partial charge in [-0.3, -0.25) is 0 Å². The van der Waals surface area contributed by atoms with Crippen molar-refractivity contribution in [3.8, 4) is 11.5 Å². The second-order valence-corrected chi connectivity index (χ2v) is 4.88. The van der Waals surface area contributed by atoms with E-state index >= 15 is 0 Å². The molecule has 1 atom stereocenters. The molecule has 0 fully saturated rings. The first kappa shape index (κ1) is 13.1. The van der Waals surface area contributed by atoms with Gasteiger partial charge in [-0.05, 0) is 48.9 Å². The third kappa shape index (κ3) is 3.09. The largest absolute Gasteiger partial charge is 0.457 e. The van der Waals surface area contributed by atoms with Crippen molar-refractivity contribution in [1.82, 2.24) is 0 Å². The standard InChI is InChI=1S/C14H13BrFNO/c1-9(17)13-7-6-12(8-14(13)15)18-11-4-2-10(16)3-5-11/h2-9H,17H2,1H3/t9-/m0/s1. The Morgan fingerprint density at radius 2 is 1.72 bits per heavy atom. The maximum absolute atomic E-state index is 12.8. The van der Waals surface area contributed by atoms with Gasteiger partial charge in [-0.15, -0.1) is 0 Å². The van der Waals surface area contributed by atoms with Gasteiger partial charge in [0.1, 0.15) is 17.3 Å². The Kier molecular flexibility index (Phi) is 3.99. The zero-order valence-corrected chi connectivity index (χ0v) is 11.4. The van der Waals surface area contributed by atoms with Crippen molar-refractivity contribution in [1.29, 1.82) is 0 Å². The Bertz CT molecular complexity index is 540. The molecule has 0 aliphatic heterocycles. The first-order valence-corrected chi connectivity index (χ1v) is 6.34. The van der Waals surface area contributed by atoms with Crippen LogP contribution in [0.5, 0.6) is 11.5 Å². The molecular formula is C14H13BrFNO. The summed E-state index contributed by atoms with van der Waals surface area (Å²) in [6.07, 6.45) is 0. The van der Waals surface area contributed by atoms with Crippen molar-refractivity contribution >= 4 is 15.9 Å². The highest BCUT2D eigenvalue weighted by atomic mass is 79.9. The van der Waals surface area contributed by atoms with Gasteiger partial charge in [-0.2, -0.15) is 0 Å². The molecule has 0 spiro atoms. The average molecular weight is 310 g/mol. The van der Waals surface area contributed by atoms with Crippen molar-refractivity contribution in [3.05, 3.63) is 58.3 Å². The van der Waals surface area contributed by atoms with Crippen LogP contribution in [-0.2, 0) is 0 Å². The Hall–Kier alpha value is -1.39. The van der Waals surface area contributed by atoms with E-state index in [1.807, 2.05) is 25.1 Å². The molecule has 2 N–H and O–H groups in total. The molecule has 18 heavy (non-hydrogen) atoms. The third-order valence-electron chi connectivity index (χ3n) is 2.51. The molecule has 0 bridgehead atoms. The number of rotatable bonds is 3. The van der Waals surface area contributed by atoms with E-state index in [4.69, 9.17) is 10.5 Å². The van der Waals surface area contributed by atoms with Crippen molar-refractivity contribution < 1.29 is 9.13 Å². The lowest BCUT2D eigenvalue weighted by atomic mass is 10.1. The summed E-state index contributed by atoms with van der Waals surface area (Å²) in [5, 5.41) is 0. The molecule has 0 aromatic heterocycles. The third-order valence-corrected chi connectivity index (χ3v) is 3.20. The zero-order chi connectivity index (χ0) is 13.1. The highest BCUT2D eigenvalue weighted by molar-refractivity contribution is 9.10. The maximum atomic E-state index is 12.8. The molecule has 0 aliphatic carbocycles. The second kappa shape index (κ2) is 5.50. The number of nitrogens with two attached hydrogens (primary N) is 1. The highest BCUT2D eigenvalue weighted by Crippen LogP contribution is 2.29. The fourth-order valence-corrected chi connectivity index (χ4v) is 2.30. The van der Waals surface area contributed by atoms with Gasteiger partial charge < -0.3 is 10.5 Å². The van der Waals surface area contributed by atoms with E-state index in [9.17, 15) is 4.39 Å². The van der Waals surface area contributed by atoms with Gasteiger partial charge in [0.2, 0.25) is 0 Å². The minimum atomic E-state index is -0.282. The molecule has 0 heterocycles. The maximum Gasteiger partial charge on any atom is 0.128 e. The van der Waals surface area contributed by atoms with Crippen LogP contribution in [0.4, 0.5) is 4.39 Å². The number of benzene rings is 2. The van der Waals surface area contributed by atoms with Crippen LogP contribution in [0.1, 0.15) is 18.5 Å². The first-order chi connectivity index (χ1) is 8.56. The summed E-state index contributed by atoms with van der Waals surface area (Å²) in [4.78, 5) is 0. The van der Waals surface area contributed by atoms with E-state index in [2.05, 4.69) is 15.9 Å². The summed E-state index contributed by atoms with van der Waals surface area (Å²) >= 11 is 3.45. The topological polar surface area (TPSA) is 35.2 Å². The monoisotopic (exact) mass is 309 g/mol. The molecule has 94 valence electrons. The van der Waals surface area contributed by atoms with Crippen molar-refractivity contribution in [2.75, 3.05) is 0 Å². The molecule has 4 heteroatoms. The van der Waals surface area contributed by atoms with Crippen LogP contribution in [0.25, 0.3) is 0 Å². The van der Waals surface area contributed by atoms with E-state index in [1.165, 1.54) is 12.1 Å². The van der Waals surface area contributed by atoms with E-state index in [1.54, 1.807) is 12.1 Å². The van der Waals surface area contributed by atoms with Crippen LogP contribution in [0.3, 0.4) is 0 Å². The lowest BCUT2D eigenvalue weighted by Gasteiger charge is -2.11. The molecule has 2 aromatic carbocycles. The smallest absolute Gasteiger partial charge is 0.128 e. The fraction of sp³-hybridized carbons (Fsp3) is 0.143. The first-order valence-electron chi connectivity index (χ1n) is 5.54. The molecule has 0 unspecified atom stereocenters. The van der Waals surface area contributed by atoms with E-state index in [0.717, 1.165) is 10.0 Å². The van der Waals surface area contributed by atoms with E-state index < -0.39 is 0 Å². The molecule has 2 nitrogen and oxygen atoms in total. The lowest BCUT2D eigenvalue weighted by molar-refractivity contribution is 0.480. The number of ether oxygens (including phenoxy) is 1. The molecule has 0 saturated heterocycles. The average Bonchev–Trinajstić information content (AvgIpc) is 2.32. The summed E-state index contributed by atoms with van der Waals surface area (Å²) in [5.41, 5.74) is 6.84. The molecular weight excluding hydrogens is 297 g/mol. The summed E-state index contributed by atoms with van der Waals surface area (Å²) < 4.78 is 19.3. The van der Waals surface area contributed by atoms with Gasteiger partial charge in [-0.25, -0.2) is 4.39 Å². The van der Waals surface area contributed by atoms with Crippen molar-refractivity contribution in [2.45, 2.75) is 13.0 Å². The van der Waals surface area contributed by atoms with Crippen molar-refractivity contribution in [2.24, 2.45) is 5.73 Å². The summed E-state index contributed by atoms with van der Waals surface area (Å²) in [6, 6.07) is 11.5. The van der Waals surface area contributed by atoms with Gasteiger partial charge in [0, 0.05) is 10.5 Å². The fourth-order valence-electron chi connectivity index (χ4n) is 1.58. The van der Waals surface area contributed by atoms with Crippen molar-refractivity contribution in [3.63, 3.8) is 0 Å². The molecule has 2 aromatic rings. The van der Waals surface area contributed by atoms with Crippen LogP contribution in [0.2, 0.25) is 0 Å². The van der Waals surface area contributed by atoms with Crippen LogP contribution in [0.15, 0.2) is 46.9 Å². The van der Waals surface area contributed by atoms with E-state index in [-0.39, 0.29) is 11.9 Å². The number of halogens is 2. The van der Waals surface area contributed by atoms with Crippen LogP contribution >= 0.6 is 15.9 Å². The predicted octanol–water partition coefficient (Wildman–Crippen LogP) is 4.40. The predicted molar refractivity (Wildman–Crippen MR) is 73.2 cm³/mol. The summed E-state index contributed by atoms with van der Waals surface area (Å²) in [7, 11) is 0. The van der Waals surface area contributed by atoms with Crippen LogP contribution in [0, 0.1) is 5.82 Å². The minimum absolute atomic E-state index is 0.0424. The Labute approximate surface area is 114 Å². The minimum Gasteiger partial charge on any atom is -0.457 e. The van der Waals surface area contributed by atoms with E-state index in [0.29, 0.717) is 11.5 Å². The Morgan fingerprint density at radius 3 is 2.28 bits per heavy atom. The SMILES string of the molecule is C[C@H](N)c1ccc(Oc2ccc(F)cc2)cc1Br. The molecule has 2 rings (SSSR count). The summed E-state index contributed by atoms with van der Waals surface area (Å²) in [6.45, 7) is 1.92. The van der Waals surface area contributed by atoms with Gasteiger partial charge in [-0.1, -0.05) is 22.0 Å². The molecule has 0 amide bonds. The number of hydrogen-bond donors (Lipinski definition) is 1. The van der Waals surface area contributed by atoms with Crippen LogP contribution in [-0.4, -0.2) is 0 Å². The molecule has 0 aliphatic rings. The normalized spacial score (nSPS) is 12.2. The Morgan fingerprint density at radius 1 is 1.11 bits per heavy atom. The zero-order valence-electron chi connectivity index (χ0n) is 9.86.